The van der Waals surface area contributed by atoms with E-state index in [2.05, 4.69) is 27.2 Å². The van der Waals surface area contributed by atoms with E-state index in [1.807, 2.05) is 24.3 Å². The van der Waals surface area contributed by atoms with Crippen LogP contribution >= 0.6 is 0 Å². The van der Waals surface area contributed by atoms with Gasteiger partial charge >= 0.3 is 0 Å². The first kappa shape index (κ1) is 16.5. The summed E-state index contributed by atoms with van der Waals surface area (Å²) >= 11 is 0. The lowest BCUT2D eigenvalue weighted by molar-refractivity contribution is 0.0957. The number of benzene rings is 1. The minimum atomic E-state index is -0.217. The zero-order valence-corrected chi connectivity index (χ0v) is 13.1. The molecule has 0 atom stereocenters. The monoisotopic (exact) mass is 312 g/mol. The second-order valence-corrected chi connectivity index (χ2v) is 4.78. The number of ether oxygens (including phenoxy) is 1. The van der Waals surface area contributed by atoms with Crippen LogP contribution in [0.2, 0.25) is 0 Å². The lowest BCUT2D eigenvalue weighted by Crippen LogP contribution is -2.23. The number of nitrogens with one attached hydrogen (secondary N) is 2. The molecule has 1 amide bonds. The quantitative estimate of drug-likeness (QED) is 0.730. The zero-order valence-electron chi connectivity index (χ0n) is 13.1. The van der Waals surface area contributed by atoms with Crippen molar-refractivity contribution < 1.29 is 9.53 Å². The molecular weight excluding hydrogens is 292 g/mol. The molecule has 0 aliphatic carbocycles. The van der Waals surface area contributed by atoms with Crippen molar-refractivity contribution in [1.82, 2.24) is 15.3 Å². The van der Waals surface area contributed by atoms with Crippen molar-refractivity contribution in [1.29, 1.82) is 0 Å². The third-order valence-corrected chi connectivity index (χ3v) is 3.19. The molecule has 0 fully saturated rings. The fraction of sp³-hybridized carbons (Fsp3) is 0.235. The normalized spacial score (nSPS) is 9.96. The first-order valence-electron chi connectivity index (χ1n) is 7.31. The smallest absolute Gasteiger partial charge is 0.254 e. The van der Waals surface area contributed by atoms with Crippen LogP contribution in [-0.2, 0) is 6.42 Å². The van der Waals surface area contributed by atoms with Crippen molar-refractivity contribution in [2.24, 2.45) is 0 Å². The highest BCUT2D eigenvalue weighted by atomic mass is 16.5. The molecule has 2 rings (SSSR count). The van der Waals surface area contributed by atoms with E-state index in [9.17, 15) is 4.79 Å². The Hall–Kier alpha value is -2.89. The molecule has 120 valence electrons. The molecule has 0 spiro atoms. The molecule has 0 bridgehead atoms. The lowest BCUT2D eigenvalue weighted by atomic mass is 10.1. The summed E-state index contributed by atoms with van der Waals surface area (Å²) in [6, 6.07) is 7.87. The van der Waals surface area contributed by atoms with E-state index in [1.54, 1.807) is 13.2 Å². The number of para-hydroxylation sites is 1. The standard InChI is InChI=1S/C17H20N4O2/c1-3-9-18-16(22)14-11-20-17(21-12-14)19-10-8-13-6-4-5-7-15(13)23-2/h3-7,11-12H,1,8-10H2,2H3,(H,18,22)(H,19,20,21). The third kappa shape index (κ3) is 4.81. The summed E-state index contributed by atoms with van der Waals surface area (Å²) in [6.07, 6.45) is 5.40. The van der Waals surface area contributed by atoms with Crippen molar-refractivity contribution in [2.75, 3.05) is 25.5 Å². The van der Waals surface area contributed by atoms with Crippen LogP contribution in [0.25, 0.3) is 0 Å². The SMILES string of the molecule is C=CCNC(=O)c1cnc(NCCc2ccccc2OC)nc1. The van der Waals surface area contributed by atoms with Gasteiger partial charge in [-0.3, -0.25) is 4.79 Å². The molecule has 0 radical (unpaired) electrons. The Morgan fingerprint density at radius 2 is 2.04 bits per heavy atom. The van der Waals surface area contributed by atoms with Gasteiger partial charge in [0.1, 0.15) is 5.75 Å². The van der Waals surface area contributed by atoms with Crippen molar-refractivity contribution in [3.63, 3.8) is 0 Å². The van der Waals surface area contributed by atoms with Gasteiger partial charge in [-0.05, 0) is 18.1 Å². The second-order valence-electron chi connectivity index (χ2n) is 4.78. The average molecular weight is 312 g/mol. The Labute approximate surface area is 135 Å². The van der Waals surface area contributed by atoms with Gasteiger partial charge in [-0.15, -0.1) is 6.58 Å². The summed E-state index contributed by atoms with van der Waals surface area (Å²) < 4.78 is 5.31. The summed E-state index contributed by atoms with van der Waals surface area (Å²) in [5, 5.41) is 5.80. The highest BCUT2D eigenvalue weighted by Gasteiger charge is 2.06. The number of rotatable bonds is 8. The summed E-state index contributed by atoms with van der Waals surface area (Å²) in [5.74, 6) is 1.13. The van der Waals surface area contributed by atoms with Crippen molar-refractivity contribution in [3.8, 4) is 5.75 Å². The molecule has 2 aromatic rings. The molecule has 0 unspecified atom stereocenters. The van der Waals surface area contributed by atoms with Gasteiger partial charge in [0.15, 0.2) is 0 Å². The number of anilines is 1. The molecular formula is C17H20N4O2. The molecule has 2 N–H and O–H groups in total. The number of methoxy groups -OCH3 is 1. The van der Waals surface area contributed by atoms with E-state index < -0.39 is 0 Å². The molecule has 23 heavy (non-hydrogen) atoms. The highest BCUT2D eigenvalue weighted by Crippen LogP contribution is 2.17. The van der Waals surface area contributed by atoms with Gasteiger partial charge in [-0.2, -0.15) is 0 Å². The van der Waals surface area contributed by atoms with Crippen LogP contribution in [0.15, 0.2) is 49.3 Å². The Balaban J connectivity index is 1.86. The fourth-order valence-electron chi connectivity index (χ4n) is 2.02. The number of carbonyl (C=O) groups is 1. The van der Waals surface area contributed by atoms with Crippen LogP contribution in [-0.4, -0.2) is 36.1 Å². The van der Waals surface area contributed by atoms with Gasteiger partial charge in [0.25, 0.3) is 5.91 Å². The Bertz CT molecular complexity index is 656. The molecule has 0 saturated carbocycles. The number of hydrogen-bond acceptors (Lipinski definition) is 5. The van der Waals surface area contributed by atoms with Crippen LogP contribution < -0.4 is 15.4 Å². The van der Waals surface area contributed by atoms with E-state index in [0.29, 0.717) is 24.6 Å². The van der Waals surface area contributed by atoms with Gasteiger partial charge in [0, 0.05) is 25.5 Å². The second kappa shape index (κ2) is 8.53. The minimum Gasteiger partial charge on any atom is -0.496 e. The molecule has 0 saturated heterocycles. The zero-order chi connectivity index (χ0) is 16.5. The molecule has 6 heteroatoms. The molecule has 1 aromatic heterocycles. The molecule has 6 nitrogen and oxygen atoms in total. The summed E-state index contributed by atoms with van der Waals surface area (Å²) in [4.78, 5) is 20.0. The first-order valence-corrected chi connectivity index (χ1v) is 7.31. The maximum Gasteiger partial charge on any atom is 0.254 e. The largest absolute Gasteiger partial charge is 0.496 e. The van der Waals surface area contributed by atoms with E-state index in [4.69, 9.17) is 4.74 Å². The van der Waals surface area contributed by atoms with Crippen molar-refractivity contribution in [3.05, 3.63) is 60.4 Å². The topological polar surface area (TPSA) is 76.1 Å². The molecule has 1 aromatic carbocycles. The third-order valence-electron chi connectivity index (χ3n) is 3.19. The Morgan fingerprint density at radius 1 is 1.30 bits per heavy atom. The molecule has 0 aliphatic heterocycles. The average Bonchev–Trinajstić information content (AvgIpc) is 2.60. The minimum absolute atomic E-state index is 0.217. The van der Waals surface area contributed by atoms with Crippen LogP contribution in [0.5, 0.6) is 5.75 Å². The first-order chi connectivity index (χ1) is 11.2. The van der Waals surface area contributed by atoms with Gasteiger partial charge in [0.2, 0.25) is 5.95 Å². The van der Waals surface area contributed by atoms with Crippen molar-refractivity contribution in [2.45, 2.75) is 6.42 Å². The fourth-order valence-corrected chi connectivity index (χ4v) is 2.02. The highest BCUT2D eigenvalue weighted by molar-refractivity contribution is 5.93. The van der Waals surface area contributed by atoms with Crippen LogP contribution in [0.3, 0.4) is 0 Å². The molecule has 0 aliphatic rings. The summed E-state index contributed by atoms with van der Waals surface area (Å²) in [5.41, 5.74) is 1.53. The van der Waals surface area contributed by atoms with E-state index >= 15 is 0 Å². The van der Waals surface area contributed by atoms with Gasteiger partial charge in [-0.1, -0.05) is 24.3 Å². The number of carbonyl (C=O) groups excluding carboxylic acids is 1. The van der Waals surface area contributed by atoms with Gasteiger partial charge in [0.05, 0.1) is 12.7 Å². The maximum absolute atomic E-state index is 11.7. The van der Waals surface area contributed by atoms with E-state index in [1.165, 1.54) is 12.4 Å². The summed E-state index contributed by atoms with van der Waals surface area (Å²) in [6.45, 7) is 4.63. The number of hydrogen-bond donors (Lipinski definition) is 2. The maximum atomic E-state index is 11.7. The Kier molecular flexibility index (Phi) is 6.11. The molecule has 1 heterocycles. The van der Waals surface area contributed by atoms with Gasteiger partial charge in [-0.25, -0.2) is 9.97 Å². The number of nitrogens with zero attached hydrogens (tertiary/aromatic N) is 2. The number of amides is 1. The van der Waals surface area contributed by atoms with E-state index in [0.717, 1.165) is 17.7 Å². The van der Waals surface area contributed by atoms with Crippen LogP contribution in [0.1, 0.15) is 15.9 Å². The number of aromatic nitrogens is 2. The van der Waals surface area contributed by atoms with Crippen LogP contribution in [0.4, 0.5) is 5.95 Å². The summed E-state index contributed by atoms with van der Waals surface area (Å²) in [7, 11) is 1.66. The predicted molar refractivity (Wildman–Crippen MR) is 89.7 cm³/mol. The van der Waals surface area contributed by atoms with Crippen molar-refractivity contribution >= 4 is 11.9 Å². The lowest BCUT2D eigenvalue weighted by Gasteiger charge is -2.09. The van der Waals surface area contributed by atoms with Gasteiger partial charge < -0.3 is 15.4 Å². The Morgan fingerprint density at radius 3 is 2.74 bits per heavy atom. The van der Waals surface area contributed by atoms with E-state index in [-0.39, 0.29) is 5.91 Å². The van der Waals surface area contributed by atoms with Crippen LogP contribution in [0, 0.1) is 0 Å². The predicted octanol–water partition coefficient (Wildman–Crippen LogP) is 2.06.